The van der Waals surface area contributed by atoms with Crippen LogP contribution in [0.2, 0.25) is 0 Å². The van der Waals surface area contributed by atoms with Gasteiger partial charge in [0.05, 0.1) is 6.10 Å². The van der Waals surface area contributed by atoms with Gasteiger partial charge in [0, 0.05) is 18.5 Å². The van der Waals surface area contributed by atoms with E-state index in [1.165, 1.54) is 0 Å². The van der Waals surface area contributed by atoms with Crippen LogP contribution in [-0.2, 0) is 4.79 Å². The largest absolute Gasteiger partial charge is 0.391 e. The Hall–Kier alpha value is -0.610. The standard InChI is InChI=1S/C13H26N2O2/c1-4-9(2)12(16)8-15-13(17)11-5-6-14-10(3)7-11/h9-12,14,16H,4-8H2,1-3H3,(H,15,17)/t9?,10-,11-,12?/m0/s1. The Bertz CT molecular complexity index is 246. The molecule has 4 nitrogen and oxygen atoms in total. The molecule has 1 amide bonds. The van der Waals surface area contributed by atoms with Crippen LogP contribution in [0.25, 0.3) is 0 Å². The smallest absolute Gasteiger partial charge is 0.223 e. The van der Waals surface area contributed by atoms with Gasteiger partial charge in [0.2, 0.25) is 5.91 Å². The molecular formula is C13H26N2O2. The number of aliphatic hydroxyl groups excluding tert-OH is 1. The minimum atomic E-state index is -0.428. The molecule has 0 aromatic rings. The molecule has 3 N–H and O–H groups in total. The van der Waals surface area contributed by atoms with Gasteiger partial charge in [0.1, 0.15) is 0 Å². The van der Waals surface area contributed by atoms with Gasteiger partial charge in [0.15, 0.2) is 0 Å². The third-order valence-corrected chi connectivity index (χ3v) is 3.78. The third kappa shape index (κ3) is 4.64. The highest BCUT2D eigenvalue weighted by atomic mass is 16.3. The van der Waals surface area contributed by atoms with Crippen LogP contribution in [-0.4, -0.2) is 36.2 Å². The summed E-state index contributed by atoms with van der Waals surface area (Å²) in [4.78, 5) is 11.9. The lowest BCUT2D eigenvalue weighted by molar-refractivity contribution is -0.126. The van der Waals surface area contributed by atoms with E-state index < -0.39 is 6.10 Å². The Morgan fingerprint density at radius 2 is 2.29 bits per heavy atom. The van der Waals surface area contributed by atoms with Gasteiger partial charge in [-0.25, -0.2) is 0 Å². The molecule has 1 aliphatic heterocycles. The molecule has 1 rings (SSSR count). The highest BCUT2D eigenvalue weighted by Crippen LogP contribution is 2.16. The summed E-state index contributed by atoms with van der Waals surface area (Å²) in [5.74, 6) is 0.443. The van der Waals surface area contributed by atoms with Crippen LogP contribution < -0.4 is 10.6 Å². The molecule has 1 fully saturated rings. The monoisotopic (exact) mass is 242 g/mol. The molecule has 1 saturated heterocycles. The van der Waals surface area contributed by atoms with Crippen molar-refractivity contribution in [1.29, 1.82) is 0 Å². The summed E-state index contributed by atoms with van der Waals surface area (Å²) in [5, 5.41) is 16.0. The zero-order valence-electron chi connectivity index (χ0n) is 11.2. The van der Waals surface area contributed by atoms with E-state index in [0.717, 1.165) is 25.8 Å². The van der Waals surface area contributed by atoms with E-state index in [-0.39, 0.29) is 17.7 Å². The first kappa shape index (κ1) is 14.5. The van der Waals surface area contributed by atoms with Crippen molar-refractivity contribution in [3.8, 4) is 0 Å². The van der Waals surface area contributed by atoms with Crippen molar-refractivity contribution in [2.24, 2.45) is 11.8 Å². The van der Waals surface area contributed by atoms with Crippen LogP contribution >= 0.6 is 0 Å². The van der Waals surface area contributed by atoms with Crippen molar-refractivity contribution in [3.63, 3.8) is 0 Å². The van der Waals surface area contributed by atoms with Gasteiger partial charge in [-0.05, 0) is 32.2 Å². The molecule has 2 unspecified atom stereocenters. The van der Waals surface area contributed by atoms with E-state index in [1.807, 2.05) is 13.8 Å². The minimum absolute atomic E-state index is 0.0979. The number of hydrogen-bond acceptors (Lipinski definition) is 3. The molecule has 0 spiro atoms. The summed E-state index contributed by atoms with van der Waals surface area (Å²) in [6, 6.07) is 0.416. The van der Waals surface area contributed by atoms with E-state index in [1.54, 1.807) is 0 Å². The molecule has 0 aromatic heterocycles. The normalized spacial score (nSPS) is 28.5. The number of carbonyl (C=O) groups is 1. The second kappa shape index (κ2) is 6.97. The van der Waals surface area contributed by atoms with E-state index in [0.29, 0.717) is 12.6 Å². The fourth-order valence-electron chi connectivity index (χ4n) is 2.19. The van der Waals surface area contributed by atoms with Crippen molar-refractivity contribution in [2.75, 3.05) is 13.1 Å². The van der Waals surface area contributed by atoms with Crippen LogP contribution in [0.1, 0.15) is 40.0 Å². The average molecular weight is 242 g/mol. The van der Waals surface area contributed by atoms with Crippen molar-refractivity contribution in [3.05, 3.63) is 0 Å². The fraction of sp³-hybridized carbons (Fsp3) is 0.923. The minimum Gasteiger partial charge on any atom is -0.391 e. The molecule has 17 heavy (non-hydrogen) atoms. The number of nitrogens with one attached hydrogen (secondary N) is 2. The molecule has 4 heteroatoms. The highest BCUT2D eigenvalue weighted by Gasteiger charge is 2.25. The van der Waals surface area contributed by atoms with Crippen LogP contribution in [0.15, 0.2) is 0 Å². The summed E-state index contributed by atoms with van der Waals surface area (Å²) in [6.07, 6.45) is 2.30. The molecule has 0 aliphatic carbocycles. The lowest BCUT2D eigenvalue weighted by Crippen LogP contribution is -2.44. The molecule has 100 valence electrons. The van der Waals surface area contributed by atoms with Gasteiger partial charge in [-0.3, -0.25) is 4.79 Å². The maximum Gasteiger partial charge on any atom is 0.223 e. The zero-order chi connectivity index (χ0) is 12.8. The Labute approximate surface area is 104 Å². The Balaban J connectivity index is 2.29. The quantitative estimate of drug-likeness (QED) is 0.671. The zero-order valence-corrected chi connectivity index (χ0v) is 11.2. The van der Waals surface area contributed by atoms with Crippen LogP contribution in [0.5, 0.6) is 0 Å². The summed E-state index contributed by atoms with van der Waals surface area (Å²) >= 11 is 0. The number of carbonyl (C=O) groups excluding carboxylic acids is 1. The lowest BCUT2D eigenvalue weighted by atomic mass is 9.92. The molecular weight excluding hydrogens is 216 g/mol. The maximum absolute atomic E-state index is 11.9. The second-order valence-electron chi connectivity index (χ2n) is 5.27. The lowest BCUT2D eigenvalue weighted by Gasteiger charge is -2.27. The van der Waals surface area contributed by atoms with Gasteiger partial charge < -0.3 is 15.7 Å². The molecule has 1 heterocycles. The van der Waals surface area contributed by atoms with Gasteiger partial charge in [-0.1, -0.05) is 20.3 Å². The van der Waals surface area contributed by atoms with Gasteiger partial charge >= 0.3 is 0 Å². The van der Waals surface area contributed by atoms with E-state index in [2.05, 4.69) is 17.6 Å². The predicted octanol–water partition coefficient (Wildman–Crippen LogP) is 0.898. The van der Waals surface area contributed by atoms with E-state index in [4.69, 9.17) is 0 Å². The van der Waals surface area contributed by atoms with Crippen LogP contribution in [0.3, 0.4) is 0 Å². The Morgan fingerprint density at radius 1 is 1.59 bits per heavy atom. The number of hydrogen-bond donors (Lipinski definition) is 3. The van der Waals surface area contributed by atoms with Crippen LogP contribution in [0.4, 0.5) is 0 Å². The number of aliphatic hydroxyl groups is 1. The summed E-state index contributed by atoms with van der Waals surface area (Å²) in [7, 11) is 0. The highest BCUT2D eigenvalue weighted by molar-refractivity contribution is 5.78. The molecule has 0 radical (unpaired) electrons. The molecule has 1 aliphatic rings. The Kier molecular flexibility index (Phi) is 5.92. The Morgan fingerprint density at radius 3 is 2.88 bits per heavy atom. The number of amides is 1. The maximum atomic E-state index is 11.9. The predicted molar refractivity (Wildman–Crippen MR) is 68.7 cm³/mol. The first-order valence-corrected chi connectivity index (χ1v) is 6.73. The topological polar surface area (TPSA) is 61.4 Å². The average Bonchev–Trinajstić information content (AvgIpc) is 2.34. The van der Waals surface area contributed by atoms with Crippen molar-refractivity contribution >= 4 is 5.91 Å². The van der Waals surface area contributed by atoms with Crippen molar-refractivity contribution in [2.45, 2.75) is 52.2 Å². The summed E-state index contributed by atoms with van der Waals surface area (Å²) in [6.45, 7) is 7.44. The second-order valence-corrected chi connectivity index (χ2v) is 5.27. The van der Waals surface area contributed by atoms with Crippen LogP contribution in [0, 0.1) is 11.8 Å². The SMILES string of the molecule is CCC(C)C(O)CNC(=O)[C@H]1CCN[C@@H](C)C1. The molecule has 0 bridgehead atoms. The number of piperidine rings is 1. The third-order valence-electron chi connectivity index (χ3n) is 3.78. The van der Waals surface area contributed by atoms with Gasteiger partial charge in [0.25, 0.3) is 0 Å². The van der Waals surface area contributed by atoms with Gasteiger partial charge in [-0.15, -0.1) is 0 Å². The first-order valence-electron chi connectivity index (χ1n) is 6.73. The fourth-order valence-corrected chi connectivity index (χ4v) is 2.19. The first-order chi connectivity index (χ1) is 8.04. The van der Waals surface area contributed by atoms with Gasteiger partial charge in [-0.2, -0.15) is 0 Å². The summed E-state index contributed by atoms with van der Waals surface area (Å²) < 4.78 is 0. The molecule has 0 saturated carbocycles. The van der Waals surface area contributed by atoms with E-state index >= 15 is 0 Å². The number of rotatable bonds is 5. The summed E-state index contributed by atoms with van der Waals surface area (Å²) in [5.41, 5.74) is 0. The van der Waals surface area contributed by atoms with Crippen molar-refractivity contribution < 1.29 is 9.90 Å². The molecule has 4 atom stereocenters. The van der Waals surface area contributed by atoms with Crippen molar-refractivity contribution in [1.82, 2.24) is 10.6 Å². The molecule has 0 aromatic carbocycles. The van der Waals surface area contributed by atoms with E-state index in [9.17, 15) is 9.90 Å².